The lowest BCUT2D eigenvalue weighted by Gasteiger charge is -2.23. The van der Waals surface area contributed by atoms with Gasteiger partial charge in [0.1, 0.15) is 0 Å². The number of hydrogen-bond donors (Lipinski definition) is 0. The zero-order valence-corrected chi connectivity index (χ0v) is 15.2. The first kappa shape index (κ1) is 17.3. The summed E-state index contributed by atoms with van der Waals surface area (Å²) in [5, 5.41) is 0. The van der Waals surface area contributed by atoms with Crippen LogP contribution < -0.4 is 10.1 Å². The second-order valence-electron chi connectivity index (χ2n) is 5.75. The van der Waals surface area contributed by atoms with E-state index in [9.17, 15) is 13.2 Å². The van der Waals surface area contributed by atoms with E-state index < -0.39 is 15.8 Å². The standard InChI is InChI=1S/C18H20N2O4S/c1-4-19-16-10-9-15(12-17(16)24-18(19)21)25(22,23)20(5-2)14-8-6-7-13(3)11-14/h6-12H,4-5H2,1-3H3. The number of hydrogen-bond acceptors (Lipinski definition) is 4. The van der Waals surface area contributed by atoms with Gasteiger partial charge < -0.3 is 4.42 Å². The second kappa shape index (κ2) is 6.40. The first-order valence-electron chi connectivity index (χ1n) is 8.11. The van der Waals surface area contributed by atoms with E-state index in [-0.39, 0.29) is 10.5 Å². The Balaban J connectivity index is 2.12. The number of nitrogens with zero attached hydrogens (tertiary/aromatic N) is 2. The minimum atomic E-state index is -3.76. The molecule has 1 heterocycles. The first-order chi connectivity index (χ1) is 11.9. The number of benzene rings is 2. The lowest BCUT2D eigenvalue weighted by molar-refractivity contribution is 0.512. The van der Waals surface area contributed by atoms with Crippen molar-refractivity contribution in [3.63, 3.8) is 0 Å². The van der Waals surface area contributed by atoms with Crippen molar-refractivity contribution in [2.24, 2.45) is 0 Å². The average Bonchev–Trinajstić information content (AvgIpc) is 2.89. The summed E-state index contributed by atoms with van der Waals surface area (Å²) in [4.78, 5) is 11.9. The van der Waals surface area contributed by atoms with Gasteiger partial charge in [-0.1, -0.05) is 12.1 Å². The van der Waals surface area contributed by atoms with Crippen LogP contribution in [0.4, 0.5) is 5.69 Å². The molecule has 7 heteroatoms. The highest BCUT2D eigenvalue weighted by atomic mass is 32.2. The smallest absolute Gasteiger partial charge is 0.408 e. The van der Waals surface area contributed by atoms with Gasteiger partial charge in [0.25, 0.3) is 10.0 Å². The predicted molar refractivity (Wildman–Crippen MR) is 97.5 cm³/mol. The van der Waals surface area contributed by atoms with Crippen LogP contribution >= 0.6 is 0 Å². The van der Waals surface area contributed by atoms with E-state index in [2.05, 4.69) is 0 Å². The van der Waals surface area contributed by atoms with Crippen molar-refractivity contribution in [1.29, 1.82) is 0 Å². The Morgan fingerprint density at radius 1 is 1.12 bits per heavy atom. The molecule has 0 fully saturated rings. The molecule has 2 aromatic carbocycles. The van der Waals surface area contributed by atoms with Crippen LogP contribution in [0.2, 0.25) is 0 Å². The van der Waals surface area contributed by atoms with E-state index in [1.165, 1.54) is 21.0 Å². The van der Waals surface area contributed by atoms with E-state index in [0.29, 0.717) is 24.3 Å². The quantitative estimate of drug-likeness (QED) is 0.701. The molecule has 0 saturated carbocycles. The molecular weight excluding hydrogens is 340 g/mol. The monoisotopic (exact) mass is 360 g/mol. The fourth-order valence-corrected chi connectivity index (χ4v) is 4.39. The van der Waals surface area contributed by atoms with Crippen LogP contribution in [0.25, 0.3) is 11.1 Å². The van der Waals surface area contributed by atoms with Gasteiger partial charge in [0.05, 0.1) is 16.1 Å². The molecule has 0 N–H and O–H groups in total. The summed E-state index contributed by atoms with van der Waals surface area (Å²) < 4.78 is 34.2. The van der Waals surface area contributed by atoms with Gasteiger partial charge in [-0.05, 0) is 50.6 Å². The number of oxazole rings is 1. The molecule has 0 saturated heterocycles. The Kier molecular flexibility index (Phi) is 4.43. The summed E-state index contributed by atoms with van der Waals surface area (Å²) in [5.74, 6) is -0.488. The zero-order chi connectivity index (χ0) is 18.2. The van der Waals surface area contributed by atoms with Crippen molar-refractivity contribution >= 4 is 26.8 Å². The zero-order valence-electron chi connectivity index (χ0n) is 14.4. The van der Waals surface area contributed by atoms with Gasteiger partial charge in [0.2, 0.25) is 0 Å². The van der Waals surface area contributed by atoms with Gasteiger partial charge in [-0.2, -0.15) is 0 Å². The Morgan fingerprint density at radius 3 is 2.52 bits per heavy atom. The van der Waals surface area contributed by atoms with Crippen LogP contribution in [-0.2, 0) is 16.6 Å². The molecule has 0 bridgehead atoms. The van der Waals surface area contributed by atoms with Crippen LogP contribution in [-0.4, -0.2) is 19.5 Å². The van der Waals surface area contributed by atoms with Gasteiger partial charge in [-0.3, -0.25) is 8.87 Å². The van der Waals surface area contributed by atoms with Gasteiger partial charge in [0, 0.05) is 19.2 Å². The molecule has 132 valence electrons. The van der Waals surface area contributed by atoms with Crippen LogP contribution in [0, 0.1) is 6.92 Å². The van der Waals surface area contributed by atoms with Gasteiger partial charge >= 0.3 is 5.76 Å². The SMILES string of the molecule is CCN(c1cccc(C)c1)S(=O)(=O)c1ccc2c(c1)oc(=O)n2CC. The van der Waals surface area contributed by atoms with Crippen LogP contribution in [0.15, 0.2) is 56.6 Å². The molecule has 0 unspecified atom stereocenters. The molecule has 1 aromatic heterocycles. The van der Waals surface area contributed by atoms with Crippen molar-refractivity contribution < 1.29 is 12.8 Å². The minimum absolute atomic E-state index is 0.0976. The van der Waals surface area contributed by atoms with Gasteiger partial charge in [-0.15, -0.1) is 0 Å². The normalized spacial score (nSPS) is 11.8. The number of anilines is 1. The van der Waals surface area contributed by atoms with E-state index in [4.69, 9.17) is 4.42 Å². The van der Waals surface area contributed by atoms with Gasteiger partial charge in [0.15, 0.2) is 5.58 Å². The van der Waals surface area contributed by atoms with E-state index in [1.54, 1.807) is 19.1 Å². The molecule has 0 spiro atoms. The third kappa shape index (κ3) is 2.95. The number of sulfonamides is 1. The Hall–Kier alpha value is -2.54. The molecule has 0 aliphatic rings. The minimum Gasteiger partial charge on any atom is -0.408 e. The summed E-state index contributed by atoms with van der Waals surface area (Å²) in [6.07, 6.45) is 0. The number of aryl methyl sites for hydroxylation is 2. The Labute approximate surface area is 146 Å². The highest BCUT2D eigenvalue weighted by Gasteiger charge is 2.25. The first-order valence-corrected chi connectivity index (χ1v) is 9.55. The van der Waals surface area contributed by atoms with Crippen LogP contribution in [0.3, 0.4) is 0 Å². The molecule has 0 aliphatic carbocycles. The summed E-state index contributed by atoms with van der Waals surface area (Å²) in [6, 6.07) is 11.9. The maximum Gasteiger partial charge on any atom is 0.419 e. The van der Waals surface area contributed by atoms with Gasteiger partial charge in [-0.25, -0.2) is 13.2 Å². The maximum absolute atomic E-state index is 13.1. The molecule has 0 aliphatic heterocycles. The van der Waals surface area contributed by atoms with Crippen molar-refractivity contribution in [2.45, 2.75) is 32.2 Å². The summed E-state index contributed by atoms with van der Waals surface area (Å²) in [7, 11) is -3.76. The van der Waals surface area contributed by atoms with Crippen LogP contribution in [0.1, 0.15) is 19.4 Å². The number of aromatic nitrogens is 1. The molecular formula is C18H20N2O4S. The third-order valence-electron chi connectivity index (χ3n) is 4.12. The Morgan fingerprint density at radius 2 is 1.88 bits per heavy atom. The highest BCUT2D eigenvalue weighted by molar-refractivity contribution is 7.92. The van der Waals surface area contributed by atoms with Crippen molar-refractivity contribution in [3.8, 4) is 0 Å². The number of fused-ring (bicyclic) bond motifs is 1. The summed E-state index contributed by atoms with van der Waals surface area (Å²) in [5.41, 5.74) is 2.45. The average molecular weight is 360 g/mol. The number of rotatable bonds is 5. The fraction of sp³-hybridized carbons (Fsp3) is 0.278. The van der Waals surface area contributed by atoms with E-state index in [1.807, 2.05) is 32.0 Å². The van der Waals surface area contributed by atoms with E-state index in [0.717, 1.165) is 5.56 Å². The maximum atomic E-state index is 13.1. The summed E-state index contributed by atoms with van der Waals surface area (Å²) >= 11 is 0. The second-order valence-corrected chi connectivity index (χ2v) is 7.61. The van der Waals surface area contributed by atoms with Crippen LogP contribution in [0.5, 0.6) is 0 Å². The lowest BCUT2D eigenvalue weighted by atomic mass is 10.2. The molecule has 0 amide bonds. The lowest BCUT2D eigenvalue weighted by Crippen LogP contribution is -2.30. The largest absolute Gasteiger partial charge is 0.419 e. The third-order valence-corrected chi connectivity index (χ3v) is 6.02. The molecule has 0 atom stereocenters. The van der Waals surface area contributed by atoms with E-state index >= 15 is 0 Å². The Bertz CT molecular complexity index is 1080. The molecule has 3 aromatic rings. The molecule has 3 rings (SSSR count). The predicted octanol–water partition coefficient (Wildman–Crippen LogP) is 3.14. The topological polar surface area (TPSA) is 72.5 Å². The fourth-order valence-electron chi connectivity index (χ4n) is 2.91. The van der Waals surface area contributed by atoms with Crippen molar-refractivity contribution in [3.05, 3.63) is 58.6 Å². The highest BCUT2D eigenvalue weighted by Crippen LogP contribution is 2.26. The van der Waals surface area contributed by atoms with Crippen molar-refractivity contribution in [1.82, 2.24) is 4.57 Å². The van der Waals surface area contributed by atoms with Crippen molar-refractivity contribution in [2.75, 3.05) is 10.8 Å². The molecule has 25 heavy (non-hydrogen) atoms. The molecule has 6 nitrogen and oxygen atoms in total. The summed E-state index contributed by atoms with van der Waals surface area (Å²) in [6.45, 7) is 6.29. The molecule has 0 radical (unpaired) electrons.